The first kappa shape index (κ1) is 21.3. The van der Waals surface area contributed by atoms with Gasteiger partial charge in [-0.15, -0.1) is 0 Å². The van der Waals surface area contributed by atoms with E-state index in [4.69, 9.17) is 0 Å². The summed E-state index contributed by atoms with van der Waals surface area (Å²) >= 11 is 3.37. The molecule has 1 aromatic carbocycles. The lowest BCUT2D eigenvalue weighted by atomic mass is 10.0. The number of carbonyl (C=O) groups excluding carboxylic acids is 2. The third-order valence-electron chi connectivity index (χ3n) is 5.56. The second kappa shape index (κ2) is 8.53. The van der Waals surface area contributed by atoms with Gasteiger partial charge in [-0.3, -0.25) is 9.59 Å². The topological polar surface area (TPSA) is 74.8 Å². The fraction of sp³-hybridized carbons (Fsp3) is 0.600. The van der Waals surface area contributed by atoms with Gasteiger partial charge in [-0.05, 0) is 58.8 Å². The van der Waals surface area contributed by atoms with Gasteiger partial charge in [0.05, 0.1) is 10.6 Å². The zero-order valence-electron chi connectivity index (χ0n) is 16.4. The number of hydrogen-bond acceptors (Lipinski definition) is 4. The highest BCUT2D eigenvalue weighted by atomic mass is 79.9. The van der Waals surface area contributed by atoms with Crippen molar-refractivity contribution in [2.45, 2.75) is 50.8 Å². The molecule has 3 rings (SSSR count). The Labute approximate surface area is 175 Å². The van der Waals surface area contributed by atoms with Gasteiger partial charge in [0.2, 0.25) is 11.8 Å². The molecule has 1 atom stereocenters. The summed E-state index contributed by atoms with van der Waals surface area (Å²) in [6, 6.07) is 3.38. The van der Waals surface area contributed by atoms with Crippen molar-refractivity contribution >= 4 is 43.3 Å². The molecule has 6 nitrogen and oxygen atoms in total. The second-order valence-electron chi connectivity index (χ2n) is 7.72. The van der Waals surface area contributed by atoms with E-state index in [2.05, 4.69) is 22.9 Å². The van der Waals surface area contributed by atoms with Gasteiger partial charge in [-0.2, -0.15) is 0 Å². The lowest BCUT2D eigenvalue weighted by molar-refractivity contribution is -0.132. The van der Waals surface area contributed by atoms with Crippen LogP contribution in [-0.2, 0) is 25.8 Å². The number of rotatable bonds is 5. The molecule has 2 aliphatic rings. The monoisotopic (exact) mass is 470 g/mol. The zero-order valence-corrected chi connectivity index (χ0v) is 18.8. The number of piperidine rings is 1. The standard InChI is InChI=1S/C20H27BrN2O4S/c1-3-19(24)23-9-6-15-11-16(21)18(12-17(15)23)28(26,27)10-7-20(25)22-8-4-5-14(2)13-22/h11-12,14H,3-10,13H2,1-2H3. The molecule has 1 fully saturated rings. The summed E-state index contributed by atoms with van der Waals surface area (Å²) in [5.74, 6) is 0.117. The summed E-state index contributed by atoms with van der Waals surface area (Å²) in [5, 5.41) is 0. The third-order valence-corrected chi connectivity index (χ3v) is 8.23. The lowest BCUT2D eigenvalue weighted by Crippen LogP contribution is -2.39. The van der Waals surface area contributed by atoms with Gasteiger partial charge in [0.15, 0.2) is 9.84 Å². The summed E-state index contributed by atoms with van der Waals surface area (Å²) in [5.41, 5.74) is 1.64. The molecule has 0 saturated carbocycles. The number of benzene rings is 1. The fourth-order valence-electron chi connectivity index (χ4n) is 3.98. The Morgan fingerprint density at radius 2 is 1.96 bits per heavy atom. The van der Waals surface area contributed by atoms with E-state index in [0.29, 0.717) is 48.6 Å². The average molecular weight is 471 g/mol. The lowest BCUT2D eigenvalue weighted by Gasteiger charge is -2.31. The van der Waals surface area contributed by atoms with Crippen LogP contribution in [0.3, 0.4) is 0 Å². The second-order valence-corrected chi connectivity index (χ2v) is 10.6. The Bertz CT molecular complexity index is 884. The van der Waals surface area contributed by atoms with Crippen molar-refractivity contribution in [2.24, 2.45) is 5.92 Å². The highest BCUT2D eigenvalue weighted by molar-refractivity contribution is 9.10. The van der Waals surface area contributed by atoms with Crippen molar-refractivity contribution < 1.29 is 18.0 Å². The molecule has 0 spiro atoms. The summed E-state index contributed by atoms with van der Waals surface area (Å²) < 4.78 is 26.4. The van der Waals surface area contributed by atoms with Crippen molar-refractivity contribution in [3.8, 4) is 0 Å². The highest BCUT2D eigenvalue weighted by Crippen LogP contribution is 2.36. The minimum Gasteiger partial charge on any atom is -0.342 e. The minimum absolute atomic E-state index is 0.0150. The van der Waals surface area contributed by atoms with Crippen LogP contribution < -0.4 is 4.90 Å². The molecule has 1 saturated heterocycles. The van der Waals surface area contributed by atoms with Gasteiger partial charge in [0, 0.05) is 42.6 Å². The van der Waals surface area contributed by atoms with E-state index in [-0.39, 0.29) is 28.9 Å². The molecule has 0 radical (unpaired) electrons. The number of hydrogen-bond donors (Lipinski definition) is 0. The van der Waals surface area contributed by atoms with Gasteiger partial charge < -0.3 is 9.80 Å². The molecule has 2 heterocycles. The maximum absolute atomic E-state index is 12.9. The Morgan fingerprint density at radius 3 is 2.64 bits per heavy atom. The predicted molar refractivity (Wildman–Crippen MR) is 112 cm³/mol. The van der Waals surface area contributed by atoms with E-state index in [1.165, 1.54) is 0 Å². The fourth-order valence-corrected chi connectivity index (χ4v) is 6.42. The SMILES string of the molecule is CCC(=O)N1CCc2cc(Br)c(S(=O)(=O)CCC(=O)N3CCCC(C)C3)cc21. The van der Waals surface area contributed by atoms with Gasteiger partial charge in [-0.25, -0.2) is 8.42 Å². The average Bonchev–Trinajstić information content (AvgIpc) is 3.07. The quantitative estimate of drug-likeness (QED) is 0.661. The van der Waals surface area contributed by atoms with Gasteiger partial charge in [0.25, 0.3) is 0 Å². The molecule has 154 valence electrons. The molecule has 2 aliphatic heterocycles. The van der Waals surface area contributed by atoms with Crippen LogP contribution >= 0.6 is 15.9 Å². The summed E-state index contributed by atoms with van der Waals surface area (Å²) in [7, 11) is -3.65. The van der Waals surface area contributed by atoms with Crippen LogP contribution in [0.2, 0.25) is 0 Å². The van der Waals surface area contributed by atoms with Crippen LogP contribution in [0.25, 0.3) is 0 Å². The van der Waals surface area contributed by atoms with Crippen molar-refractivity contribution in [3.63, 3.8) is 0 Å². The largest absolute Gasteiger partial charge is 0.342 e. The van der Waals surface area contributed by atoms with E-state index in [9.17, 15) is 18.0 Å². The van der Waals surface area contributed by atoms with Gasteiger partial charge in [0.1, 0.15) is 0 Å². The number of likely N-dealkylation sites (tertiary alicyclic amines) is 1. The maximum Gasteiger partial charge on any atom is 0.226 e. The normalized spacial score (nSPS) is 19.6. The molecule has 28 heavy (non-hydrogen) atoms. The van der Waals surface area contributed by atoms with Crippen LogP contribution in [0, 0.1) is 5.92 Å². The minimum atomic E-state index is -3.65. The number of amides is 2. The first-order chi connectivity index (χ1) is 13.2. The number of nitrogens with zero attached hydrogens (tertiary/aromatic N) is 2. The molecule has 8 heteroatoms. The summed E-state index contributed by atoms with van der Waals surface area (Å²) in [6.45, 7) is 5.89. The van der Waals surface area contributed by atoms with Crippen LogP contribution in [0.4, 0.5) is 5.69 Å². The number of halogens is 1. The first-order valence-corrected chi connectivity index (χ1v) is 12.3. The van der Waals surface area contributed by atoms with Crippen LogP contribution in [0.5, 0.6) is 0 Å². The Hall–Kier alpha value is -1.41. The summed E-state index contributed by atoms with van der Waals surface area (Å²) in [6.07, 6.45) is 3.15. The van der Waals surface area contributed by atoms with E-state index in [1.54, 1.807) is 28.9 Å². The highest BCUT2D eigenvalue weighted by Gasteiger charge is 2.29. The Kier molecular flexibility index (Phi) is 6.49. The van der Waals surface area contributed by atoms with Crippen molar-refractivity contribution in [1.29, 1.82) is 0 Å². The van der Waals surface area contributed by atoms with Crippen LogP contribution in [0.15, 0.2) is 21.5 Å². The van der Waals surface area contributed by atoms with E-state index in [0.717, 1.165) is 18.4 Å². The third kappa shape index (κ3) is 4.43. The van der Waals surface area contributed by atoms with Crippen LogP contribution in [0.1, 0.15) is 45.1 Å². The Morgan fingerprint density at radius 1 is 1.21 bits per heavy atom. The van der Waals surface area contributed by atoms with E-state index >= 15 is 0 Å². The van der Waals surface area contributed by atoms with Gasteiger partial charge in [-0.1, -0.05) is 13.8 Å². The van der Waals surface area contributed by atoms with E-state index in [1.807, 2.05) is 0 Å². The molecular formula is C20H27BrN2O4S. The molecule has 1 unspecified atom stereocenters. The van der Waals surface area contributed by atoms with Crippen molar-refractivity contribution in [3.05, 3.63) is 22.2 Å². The predicted octanol–water partition coefficient (Wildman–Crippen LogP) is 3.17. The van der Waals surface area contributed by atoms with E-state index < -0.39 is 9.84 Å². The number of sulfone groups is 1. The first-order valence-electron chi connectivity index (χ1n) is 9.86. The molecule has 0 bridgehead atoms. The molecule has 1 aromatic rings. The number of anilines is 1. The molecule has 0 aliphatic carbocycles. The molecule has 0 N–H and O–H groups in total. The van der Waals surface area contributed by atoms with Crippen molar-refractivity contribution in [2.75, 3.05) is 30.3 Å². The Balaban J connectivity index is 1.76. The summed E-state index contributed by atoms with van der Waals surface area (Å²) in [4.78, 5) is 28.2. The molecular weight excluding hydrogens is 444 g/mol. The number of carbonyl (C=O) groups is 2. The molecule has 0 aromatic heterocycles. The number of fused-ring (bicyclic) bond motifs is 1. The zero-order chi connectivity index (χ0) is 20.5. The smallest absolute Gasteiger partial charge is 0.226 e. The van der Waals surface area contributed by atoms with Crippen molar-refractivity contribution in [1.82, 2.24) is 4.90 Å². The maximum atomic E-state index is 12.9. The van der Waals surface area contributed by atoms with Gasteiger partial charge >= 0.3 is 0 Å². The van der Waals surface area contributed by atoms with Crippen LogP contribution in [-0.4, -0.2) is 50.5 Å². The molecule has 2 amide bonds.